The number of allylic oxidation sites excluding steroid dienone is 4. The van der Waals surface area contributed by atoms with Crippen molar-refractivity contribution in [1.82, 2.24) is 0 Å². The molecule has 1 fully saturated rings. The molecule has 3 rings (SSSR count). The highest BCUT2D eigenvalue weighted by atomic mass is 14.7. The van der Waals surface area contributed by atoms with Crippen LogP contribution in [0.5, 0.6) is 0 Å². The molecule has 58 valence electrons. The van der Waals surface area contributed by atoms with Gasteiger partial charge in [-0.3, -0.25) is 0 Å². The van der Waals surface area contributed by atoms with Gasteiger partial charge in [0.15, 0.2) is 0 Å². The van der Waals surface area contributed by atoms with Crippen LogP contribution >= 0.6 is 0 Å². The molecule has 0 atom stereocenters. The Bertz CT molecular complexity index is 203. The van der Waals surface area contributed by atoms with Crippen molar-refractivity contribution in [2.75, 3.05) is 0 Å². The fraction of sp³-hybridized carbons (Fsp3) is 0.636. The van der Waals surface area contributed by atoms with Gasteiger partial charge in [-0.15, -0.1) is 0 Å². The lowest BCUT2D eigenvalue weighted by atomic mass is 9.76. The van der Waals surface area contributed by atoms with Crippen LogP contribution in [0, 0.1) is 10.8 Å². The van der Waals surface area contributed by atoms with E-state index in [1.165, 1.54) is 32.1 Å². The molecule has 0 amide bonds. The summed E-state index contributed by atoms with van der Waals surface area (Å²) in [5.74, 6) is 0. The Hall–Kier alpha value is -0.520. The Morgan fingerprint density at radius 3 is 1.36 bits per heavy atom. The molecule has 0 aromatic carbocycles. The van der Waals surface area contributed by atoms with E-state index in [1.54, 1.807) is 0 Å². The van der Waals surface area contributed by atoms with Crippen molar-refractivity contribution in [3.8, 4) is 0 Å². The van der Waals surface area contributed by atoms with Gasteiger partial charge in [0.1, 0.15) is 0 Å². The third kappa shape index (κ3) is 0.571. The van der Waals surface area contributed by atoms with Gasteiger partial charge in [-0.1, -0.05) is 24.3 Å². The molecule has 0 saturated heterocycles. The van der Waals surface area contributed by atoms with Crippen molar-refractivity contribution < 1.29 is 0 Å². The van der Waals surface area contributed by atoms with E-state index in [-0.39, 0.29) is 0 Å². The molecule has 0 aromatic heterocycles. The molecular formula is C11H14. The molecule has 0 heterocycles. The first-order valence-electron chi connectivity index (χ1n) is 4.67. The Kier molecular flexibility index (Phi) is 0.894. The van der Waals surface area contributed by atoms with Crippen molar-refractivity contribution in [3.05, 3.63) is 24.3 Å². The molecule has 0 radical (unpaired) electrons. The highest BCUT2D eigenvalue weighted by molar-refractivity contribution is 5.27. The molecule has 0 nitrogen and oxygen atoms in total. The molecule has 0 spiro atoms. The van der Waals surface area contributed by atoms with E-state index in [0.29, 0.717) is 0 Å². The van der Waals surface area contributed by atoms with Gasteiger partial charge in [-0.05, 0) is 42.9 Å². The molecule has 11 heavy (non-hydrogen) atoms. The molecule has 0 heteroatoms. The van der Waals surface area contributed by atoms with Gasteiger partial charge in [0, 0.05) is 0 Å². The van der Waals surface area contributed by atoms with Crippen molar-refractivity contribution in [1.29, 1.82) is 0 Å². The molecule has 0 unspecified atom stereocenters. The summed E-state index contributed by atoms with van der Waals surface area (Å²) in [7, 11) is 0. The van der Waals surface area contributed by atoms with E-state index in [2.05, 4.69) is 24.3 Å². The van der Waals surface area contributed by atoms with E-state index in [4.69, 9.17) is 0 Å². The number of hydrogen-bond donors (Lipinski definition) is 0. The summed E-state index contributed by atoms with van der Waals surface area (Å²) in [6, 6.07) is 0. The largest absolute Gasteiger partial charge is 0.0879 e. The van der Waals surface area contributed by atoms with Crippen LogP contribution in [0.2, 0.25) is 0 Å². The summed E-state index contributed by atoms with van der Waals surface area (Å²) in [5.41, 5.74) is 1.49. The topological polar surface area (TPSA) is 0 Å². The average molecular weight is 146 g/mol. The third-order valence-electron chi connectivity index (χ3n) is 4.04. The van der Waals surface area contributed by atoms with E-state index >= 15 is 0 Å². The first-order chi connectivity index (χ1) is 5.37. The predicted octanol–water partition coefficient (Wildman–Crippen LogP) is 3.06. The van der Waals surface area contributed by atoms with Crippen LogP contribution in [-0.4, -0.2) is 0 Å². The maximum atomic E-state index is 2.39. The quantitative estimate of drug-likeness (QED) is 0.461. The minimum atomic E-state index is 0.747. The summed E-state index contributed by atoms with van der Waals surface area (Å²) in [4.78, 5) is 0. The third-order valence-corrected chi connectivity index (χ3v) is 4.04. The predicted molar refractivity (Wildman–Crippen MR) is 46.2 cm³/mol. The van der Waals surface area contributed by atoms with Gasteiger partial charge >= 0.3 is 0 Å². The summed E-state index contributed by atoms with van der Waals surface area (Å²) in [5, 5.41) is 0. The van der Waals surface area contributed by atoms with Gasteiger partial charge in [0.2, 0.25) is 0 Å². The zero-order valence-corrected chi connectivity index (χ0v) is 6.84. The molecule has 1 saturated carbocycles. The lowest BCUT2D eigenvalue weighted by molar-refractivity contribution is 0.315. The minimum absolute atomic E-state index is 0.747. The van der Waals surface area contributed by atoms with Crippen LogP contribution in [-0.2, 0) is 0 Å². The van der Waals surface area contributed by atoms with Gasteiger partial charge in [-0.25, -0.2) is 0 Å². The maximum absolute atomic E-state index is 2.39. The number of rotatable bonds is 0. The molecule has 0 aliphatic heterocycles. The smallest absolute Gasteiger partial charge is 0.0160 e. The minimum Gasteiger partial charge on any atom is -0.0879 e. The normalized spacial score (nSPS) is 51.6. The summed E-state index contributed by atoms with van der Waals surface area (Å²) >= 11 is 0. The number of hydrogen-bond acceptors (Lipinski definition) is 0. The van der Waals surface area contributed by atoms with Crippen molar-refractivity contribution in [2.45, 2.75) is 32.1 Å². The molecule has 0 aromatic rings. The highest BCUT2D eigenvalue weighted by Gasteiger charge is 2.65. The second-order valence-corrected chi connectivity index (χ2v) is 4.50. The average Bonchev–Trinajstić information content (AvgIpc) is 2.72. The second kappa shape index (κ2) is 1.63. The first-order valence-corrected chi connectivity index (χ1v) is 4.67. The standard InChI is InChI=1S/C11H14/c1-2-6-11-8-4-3-7-10(11,5-1)9-11/h1-4H,5-9H2. The molecule has 0 N–H and O–H groups in total. The molecular weight excluding hydrogens is 132 g/mol. The summed E-state index contributed by atoms with van der Waals surface area (Å²) < 4.78 is 0. The zero-order valence-electron chi connectivity index (χ0n) is 6.84. The SMILES string of the molecule is C1=CCC23CC=CCC2(C1)C3. The van der Waals surface area contributed by atoms with Gasteiger partial charge in [0.25, 0.3) is 0 Å². The molecule has 3 aliphatic rings. The van der Waals surface area contributed by atoms with Gasteiger partial charge in [0.05, 0.1) is 0 Å². The van der Waals surface area contributed by atoms with Crippen LogP contribution in [0.1, 0.15) is 32.1 Å². The van der Waals surface area contributed by atoms with E-state index < -0.39 is 0 Å². The fourth-order valence-corrected chi connectivity index (χ4v) is 3.16. The van der Waals surface area contributed by atoms with Crippen molar-refractivity contribution >= 4 is 0 Å². The lowest BCUT2D eigenvalue weighted by Crippen LogP contribution is -2.17. The Balaban J connectivity index is 2.02. The van der Waals surface area contributed by atoms with E-state index in [1.807, 2.05) is 0 Å². The van der Waals surface area contributed by atoms with Gasteiger partial charge < -0.3 is 0 Å². The van der Waals surface area contributed by atoms with Gasteiger partial charge in [-0.2, -0.15) is 0 Å². The monoisotopic (exact) mass is 146 g/mol. The molecule has 3 aliphatic carbocycles. The lowest BCUT2D eigenvalue weighted by Gasteiger charge is -2.28. The Morgan fingerprint density at radius 1 is 0.636 bits per heavy atom. The van der Waals surface area contributed by atoms with Crippen LogP contribution in [0.15, 0.2) is 24.3 Å². The molecule has 0 bridgehead atoms. The summed E-state index contributed by atoms with van der Waals surface area (Å²) in [6.45, 7) is 0. The zero-order chi connectivity index (χ0) is 7.36. The highest BCUT2D eigenvalue weighted by Crippen LogP contribution is 2.74. The Morgan fingerprint density at radius 2 is 1.00 bits per heavy atom. The Labute approximate surface area is 68.0 Å². The van der Waals surface area contributed by atoms with Crippen LogP contribution in [0.4, 0.5) is 0 Å². The van der Waals surface area contributed by atoms with Crippen LogP contribution < -0.4 is 0 Å². The maximum Gasteiger partial charge on any atom is -0.0160 e. The fourth-order valence-electron chi connectivity index (χ4n) is 3.16. The van der Waals surface area contributed by atoms with Crippen LogP contribution in [0.25, 0.3) is 0 Å². The summed E-state index contributed by atoms with van der Waals surface area (Å²) in [6.07, 6.45) is 16.5. The first kappa shape index (κ1) is 6.05. The van der Waals surface area contributed by atoms with Crippen molar-refractivity contribution in [3.63, 3.8) is 0 Å². The van der Waals surface area contributed by atoms with Crippen LogP contribution in [0.3, 0.4) is 0 Å². The van der Waals surface area contributed by atoms with Crippen molar-refractivity contribution in [2.24, 2.45) is 10.8 Å². The second-order valence-electron chi connectivity index (χ2n) is 4.50. The van der Waals surface area contributed by atoms with E-state index in [9.17, 15) is 0 Å². The van der Waals surface area contributed by atoms with E-state index in [0.717, 1.165) is 10.8 Å².